The van der Waals surface area contributed by atoms with E-state index in [0.29, 0.717) is 0 Å². The summed E-state index contributed by atoms with van der Waals surface area (Å²) < 4.78 is 11.4. The summed E-state index contributed by atoms with van der Waals surface area (Å²) in [5.74, 6) is 1.85. The minimum atomic E-state index is 0.249. The number of rotatable bonds is 6. The van der Waals surface area contributed by atoms with Crippen molar-refractivity contribution in [2.24, 2.45) is 4.99 Å². The Bertz CT molecular complexity index is 505. The Morgan fingerprint density at radius 1 is 1.38 bits per heavy atom. The van der Waals surface area contributed by atoms with Crippen molar-refractivity contribution in [3.8, 4) is 0 Å². The van der Waals surface area contributed by atoms with Gasteiger partial charge in [-0.25, -0.2) is 0 Å². The van der Waals surface area contributed by atoms with E-state index in [2.05, 4.69) is 33.5 Å². The average Bonchev–Trinajstić information content (AvgIpc) is 3.36. The second kappa shape index (κ2) is 8.53. The number of hydrogen-bond donors (Lipinski definition) is 2. The molecule has 1 aromatic heterocycles. The molecule has 6 heteroatoms. The second-order valence-corrected chi connectivity index (χ2v) is 6.71. The maximum atomic E-state index is 5.76. The lowest BCUT2D eigenvalue weighted by Crippen LogP contribution is -2.48. The average molecular weight is 334 g/mol. The lowest BCUT2D eigenvalue weighted by atomic mass is 10.1. The molecule has 0 saturated carbocycles. The molecule has 6 nitrogen and oxygen atoms in total. The van der Waals surface area contributed by atoms with Crippen LogP contribution in [0.3, 0.4) is 0 Å². The van der Waals surface area contributed by atoms with Gasteiger partial charge in [-0.15, -0.1) is 0 Å². The third-order valence-corrected chi connectivity index (χ3v) is 5.03. The largest absolute Gasteiger partial charge is 0.468 e. The van der Waals surface area contributed by atoms with E-state index < -0.39 is 0 Å². The third kappa shape index (κ3) is 4.30. The minimum absolute atomic E-state index is 0.249. The first-order valence-electron chi connectivity index (χ1n) is 9.14. The summed E-state index contributed by atoms with van der Waals surface area (Å²) in [7, 11) is 1.81. The van der Waals surface area contributed by atoms with Gasteiger partial charge in [0, 0.05) is 20.2 Å². The first kappa shape index (κ1) is 17.3. The Morgan fingerprint density at radius 3 is 2.83 bits per heavy atom. The first-order valence-corrected chi connectivity index (χ1v) is 9.14. The van der Waals surface area contributed by atoms with E-state index in [9.17, 15) is 0 Å². The molecule has 0 bridgehead atoms. The van der Waals surface area contributed by atoms with Crippen LogP contribution < -0.4 is 10.6 Å². The fraction of sp³-hybridized carbons (Fsp3) is 0.722. The van der Waals surface area contributed by atoms with Gasteiger partial charge in [0.2, 0.25) is 0 Å². The van der Waals surface area contributed by atoms with Crippen molar-refractivity contribution >= 4 is 5.96 Å². The number of nitrogens with one attached hydrogen (secondary N) is 2. The number of nitrogens with zero attached hydrogens (tertiary/aromatic N) is 2. The maximum Gasteiger partial charge on any atom is 0.191 e. The number of likely N-dealkylation sites (tertiary alicyclic amines) is 1. The van der Waals surface area contributed by atoms with Crippen molar-refractivity contribution < 1.29 is 9.15 Å². The predicted molar refractivity (Wildman–Crippen MR) is 95.2 cm³/mol. The van der Waals surface area contributed by atoms with Crippen LogP contribution in [-0.2, 0) is 4.74 Å². The number of furan rings is 1. The van der Waals surface area contributed by atoms with E-state index in [1.54, 1.807) is 6.26 Å². The van der Waals surface area contributed by atoms with Crippen LogP contribution in [0.1, 0.15) is 44.4 Å². The van der Waals surface area contributed by atoms with Crippen molar-refractivity contribution in [2.45, 2.75) is 50.8 Å². The Labute approximate surface area is 144 Å². The highest BCUT2D eigenvalue weighted by atomic mass is 16.5. The molecule has 0 radical (unpaired) electrons. The predicted octanol–water partition coefficient (Wildman–Crippen LogP) is 2.15. The van der Waals surface area contributed by atoms with Gasteiger partial charge in [-0.1, -0.05) is 0 Å². The van der Waals surface area contributed by atoms with E-state index in [-0.39, 0.29) is 18.2 Å². The molecule has 24 heavy (non-hydrogen) atoms. The summed E-state index contributed by atoms with van der Waals surface area (Å²) in [6, 6.07) is 4.53. The van der Waals surface area contributed by atoms with Gasteiger partial charge in [0.25, 0.3) is 0 Å². The van der Waals surface area contributed by atoms with E-state index in [0.717, 1.165) is 50.8 Å². The molecule has 2 N–H and O–H groups in total. The lowest BCUT2D eigenvalue weighted by Gasteiger charge is -2.28. The third-order valence-electron chi connectivity index (χ3n) is 5.03. The Balaban J connectivity index is 1.56. The number of guanidine groups is 1. The van der Waals surface area contributed by atoms with Gasteiger partial charge >= 0.3 is 0 Å². The fourth-order valence-electron chi connectivity index (χ4n) is 3.64. The van der Waals surface area contributed by atoms with Gasteiger partial charge in [-0.3, -0.25) is 9.89 Å². The number of aliphatic imine (C=N–C) groups is 1. The summed E-state index contributed by atoms with van der Waals surface area (Å²) >= 11 is 0. The summed E-state index contributed by atoms with van der Waals surface area (Å²) in [6.45, 7) is 6.08. The molecule has 1 aromatic rings. The van der Waals surface area contributed by atoms with Gasteiger partial charge in [0.15, 0.2) is 5.96 Å². The van der Waals surface area contributed by atoms with Crippen molar-refractivity contribution in [1.82, 2.24) is 15.5 Å². The highest BCUT2D eigenvalue weighted by Gasteiger charge is 2.27. The van der Waals surface area contributed by atoms with Crippen LogP contribution in [0.4, 0.5) is 0 Å². The molecule has 0 spiro atoms. The van der Waals surface area contributed by atoms with E-state index in [1.807, 2.05) is 13.1 Å². The molecule has 3 rings (SSSR count). The molecule has 3 heterocycles. The van der Waals surface area contributed by atoms with Gasteiger partial charge in [0.1, 0.15) is 5.76 Å². The molecule has 134 valence electrons. The summed E-state index contributed by atoms with van der Waals surface area (Å²) in [5.41, 5.74) is 0. The highest BCUT2D eigenvalue weighted by molar-refractivity contribution is 5.80. The van der Waals surface area contributed by atoms with Crippen LogP contribution in [0, 0.1) is 0 Å². The minimum Gasteiger partial charge on any atom is -0.468 e. The number of hydrogen-bond acceptors (Lipinski definition) is 4. The van der Waals surface area contributed by atoms with Crippen LogP contribution >= 0.6 is 0 Å². The van der Waals surface area contributed by atoms with Crippen molar-refractivity contribution in [3.05, 3.63) is 24.2 Å². The zero-order valence-electron chi connectivity index (χ0n) is 14.8. The van der Waals surface area contributed by atoms with Crippen LogP contribution in [0.15, 0.2) is 27.8 Å². The SMILES string of the molecule is CN=C(NC[C@H](c1ccco1)N1CCCC1)N[C@H](C)[C@H]1CCCO1. The van der Waals surface area contributed by atoms with Gasteiger partial charge in [-0.2, -0.15) is 0 Å². The van der Waals surface area contributed by atoms with Gasteiger partial charge in [0.05, 0.1) is 24.5 Å². The van der Waals surface area contributed by atoms with Crippen molar-refractivity contribution in [2.75, 3.05) is 33.3 Å². The Morgan fingerprint density at radius 2 is 2.21 bits per heavy atom. The smallest absolute Gasteiger partial charge is 0.191 e. The zero-order valence-corrected chi connectivity index (χ0v) is 14.8. The van der Waals surface area contributed by atoms with E-state index >= 15 is 0 Å². The molecule has 0 unspecified atom stereocenters. The van der Waals surface area contributed by atoms with Crippen LogP contribution in [0.2, 0.25) is 0 Å². The molecular weight excluding hydrogens is 304 g/mol. The lowest BCUT2D eigenvalue weighted by molar-refractivity contribution is 0.0890. The Hall–Kier alpha value is -1.53. The first-order chi connectivity index (χ1) is 11.8. The Kier molecular flexibility index (Phi) is 6.15. The van der Waals surface area contributed by atoms with Gasteiger partial charge < -0.3 is 19.8 Å². The van der Waals surface area contributed by atoms with Crippen LogP contribution in [0.5, 0.6) is 0 Å². The van der Waals surface area contributed by atoms with E-state index in [1.165, 1.54) is 12.8 Å². The normalized spacial score (nSPS) is 24.9. The highest BCUT2D eigenvalue weighted by Crippen LogP contribution is 2.24. The van der Waals surface area contributed by atoms with Crippen molar-refractivity contribution in [3.63, 3.8) is 0 Å². The van der Waals surface area contributed by atoms with Crippen molar-refractivity contribution in [1.29, 1.82) is 0 Å². The standard InChI is InChI=1S/C18H30N4O2/c1-14(16-7-5-11-23-16)21-18(19-2)20-13-15(17-8-6-12-24-17)22-9-3-4-10-22/h6,8,12,14-16H,3-5,7,9-11,13H2,1-2H3,(H2,19,20,21)/t14-,15-,16-/m1/s1. The summed E-state index contributed by atoms with van der Waals surface area (Å²) in [6.07, 6.45) is 6.83. The molecule has 2 fully saturated rings. The monoisotopic (exact) mass is 334 g/mol. The number of ether oxygens (including phenoxy) is 1. The molecule has 2 aliphatic rings. The summed E-state index contributed by atoms with van der Waals surface area (Å²) in [5, 5.41) is 6.94. The quantitative estimate of drug-likeness (QED) is 0.616. The molecule has 2 aliphatic heterocycles. The molecule has 0 aliphatic carbocycles. The van der Waals surface area contributed by atoms with Gasteiger partial charge in [-0.05, 0) is 57.8 Å². The van der Waals surface area contributed by atoms with Crippen LogP contribution in [0.25, 0.3) is 0 Å². The maximum absolute atomic E-state index is 5.76. The zero-order chi connectivity index (χ0) is 16.8. The van der Waals surface area contributed by atoms with E-state index in [4.69, 9.17) is 9.15 Å². The molecule has 0 aromatic carbocycles. The fourth-order valence-corrected chi connectivity index (χ4v) is 3.64. The topological polar surface area (TPSA) is 62.0 Å². The molecule has 2 saturated heterocycles. The molecule has 0 amide bonds. The second-order valence-electron chi connectivity index (χ2n) is 6.71. The van der Waals surface area contributed by atoms with Crippen LogP contribution in [-0.4, -0.2) is 56.3 Å². The molecule has 3 atom stereocenters. The summed E-state index contributed by atoms with van der Waals surface area (Å²) in [4.78, 5) is 6.86. The molecular formula is C18H30N4O2.